The van der Waals surface area contributed by atoms with Gasteiger partial charge in [-0.2, -0.15) is 0 Å². The van der Waals surface area contributed by atoms with E-state index in [1.165, 1.54) is 31.4 Å². The van der Waals surface area contributed by atoms with E-state index in [1.54, 1.807) is 12.1 Å². The maximum Gasteiger partial charge on any atom is 0.335 e. The molecular formula is C17H13NO5. The zero-order chi connectivity index (χ0) is 16.4. The lowest BCUT2D eigenvalue weighted by atomic mass is 10.2. The van der Waals surface area contributed by atoms with Crippen molar-refractivity contribution in [3.63, 3.8) is 0 Å². The van der Waals surface area contributed by atoms with E-state index < -0.39 is 11.9 Å². The van der Waals surface area contributed by atoms with Crippen LogP contribution < -0.4 is 10.1 Å². The fourth-order valence-corrected chi connectivity index (χ4v) is 2.20. The number of benzene rings is 2. The first-order valence-electron chi connectivity index (χ1n) is 6.80. The Labute approximate surface area is 131 Å². The van der Waals surface area contributed by atoms with Gasteiger partial charge < -0.3 is 19.6 Å². The third kappa shape index (κ3) is 2.87. The van der Waals surface area contributed by atoms with Gasteiger partial charge in [0, 0.05) is 11.1 Å². The number of nitrogens with one attached hydrogen (secondary N) is 1. The van der Waals surface area contributed by atoms with Crippen LogP contribution in [0.2, 0.25) is 0 Å². The van der Waals surface area contributed by atoms with Gasteiger partial charge in [-0.3, -0.25) is 4.79 Å². The molecule has 0 unspecified atom stereocenters. The van der Waals surface area contributed by atoms with Gasteiger partial charge in [0.15, 0.2) is 17.1 Å². The minimum atomic E-state index is -1.02. The number of anilines is 1. The highest BCUT2D eigenvalue weighted by Gasteiger charge is 2.15. The first-order chi connectivity index (χ1) is 11.1. The van der Waals surface area contributed by atoms with Crippen molar-refractivity contribution < 1.29 is 23.8 Å². The van der Waals surface area contributed by atoms with Gasteiger partial charge in [-0.15, -0.1) is 0 Å². The molecule has 1 heterocycles. The van der Waals surface area contributed by atoms with Gasteiger partial charge in [0.1, 0.15) is 0 Å². The van der Waals surface area contributed by atoms with Gasteiger partial charge in [-0.1, -0.05) is 12.1 Å². The lowest BCUT2D eigenvalue weighted by Crippen LogP contribution is -2.10. The van der Waals surface area contributed by atoms with E-state index >= 15 is 0 Å². The van der Waals surface area contributed by atoms with Gasteiger partial charge in [0.25, 0.3) is 5.91 Å². The Hall–Kier alpha value is -3.28. The Morgan fingerprint density at radius 1 is 1.13 bits per heavy atom. The fourth-order valence-electron chi connectivity index (χ4n) is 2.20. The first-order valence-corrected chi connectivity index (χ1v) is 6.80. The van der Waals surface area contributed by atoms with Crippen molar-refractivity contribution in [2.45, 2.75) is 0 Å². The van der Waals surface area contributed by atoms with Crippen LogP contribution in [0.4, 0.5) is 5.69 Å². The second-order valence-corrected chi connectivity index (χ2v) is 4.83. The quantitative estimate of drug-likeness (QED) is 0.771. The number of para-hydroxylation sites is 1. The molecule has 2 aromatic carbocycles. The van der Waals surface area contributed by atoms with Crippen LogP contribution in [0.3, 0.4) is 0 Å². The molecule has 0 bridgehead atoms. The van der Waals surface area contributed by atoms with Crippen molar-refractivity contribution in [2.75, 3.05) is 12.4 Å². The van der Waals surface area contributed by atoms with Gasteiger partial charge >= 0.3 is 5.97 Å². The highest BCUT2D eigenvalue weighted by Crippen LogP contribution is 2.28. The maximum absolute atomic E-state index is 12.2. The molecule has 1 aromatic heterocycles. The third-order valence-corrected chi connectivity index (χ3v) is 3.34. The number of carbonyl (C=O) groups excluding carboxylic acids is 1. The molecule has 0 radical (unpaired) electrons. The van der Waals surface area contributed by atoms with Crippen LogP contribution in [-0.2, 0) is 0 Å². The van der Waals surface area contributed by atoms with Crippen molar-refractivity contribution in [3.05, 3.63) is 59.9 Å². The van der Waals surface area contributed by atoms with Crippen molar-refractivity contribution in [1.29, 1.82) is 0 Å². The van der Waals surface area contributed by atoms with Crippen molar-refractivity contribution >= 4 is 28.5 Å². The maximum atomic E-state index is 12.2. The molecule has 3 rings (SSSR count). The number of hydrogen-bond acceptors (Lipinski definition) is 4. The number of aromatic carboxylic acids is 1. The Kier molecular flexibility index (Phi) is 3.72. The van der Waals surface area contributed by atoms with E-state index in [0.29, 0.717) is 17.0 Å². The van der Waals surface area contributed by atoms with Crippen molar-refractivity contribution in [2.24, 2.45) is 0 Å². The molecule has 0 saturated heterocycles. The number of carboxylic acid groups (broad SMARTS) is 1. The molecule has 0 atom stereocenters. The molecule has 6 nitrogen and oxygen atoms in total. The number of fused-ring (bicyclic) bond motifs is 1. The lowest BCUT2D eigenvalue weighted by Gasteiger charge is -2.03. The fraction of sp³-hybridized carbons (Fsp3) is 0.0588. The Bertz CT molecular complexity index is 880. The second kappa shape index (κ2) is 5.84. The highest BCUT2D eigenvalue weighted by molar-refractivity contribution is 6.05. The monoisotopic (exact) mass is 311 g/mol. The van der Waals surface area contributed by atoms with Crippen LogP contribution in [0.1, 0.15) is 20.9 Å². The standard InChI is InChI=1S/C17H13NO5/c1-22-13-4-2-3-11-9-14(23-15(11)13)16(19)18-12-7-5-10(6-8-12)17(20)21/h2-9H,1H3,(H,18,19)(H,20,21). The topological polar surface area (TPSA) is 88.8 Å². The number of ether oxygens (including phenoxy) is 1. The van der Waals surface area contributed by atoms with Gasteiger partial charge in [-0.05, 0) is 36.4 Å². The summed E-state index contributed by atoms with van der Waals surface area (Å²) in [5.41, 5.74) is 1.13. The SMILES string of the molecule is COc1cccc2cc(C(=O)Nc3ccc(C(=O)O)cc3)oc12. The van der Waals surface area contributed by atoms with E-state index in [-0.39, 0.29) is 11.3 Å². The highest BCUT2D eigenvalue weighted by atomic mass is 16.5. The number of carboxylic acids is 1. The van der Waals surface area contributed by atoms with Gasteiger partial charge in [0.2, 0.25) is 0 Å². The van der Waals surface area contributed by atoms with E-state index in [4.69, 9.17) is 14.3 Å². The predicted octanol–water partition coefficient (Wildman–Crippen LogP) is 3.39. The summed E-state index contributed by atoms with van der Waals surface area (Å²) in [4.78, 5) is 23.0. The summed E-state index contributed by atoms with van der Waals surface area (Å²) in [6.07, 6.45) is 0. The molecule has 23 heavy (non-hydrogen) atoms. The molecule has 0 saturated carbocycles. The summed E-state index contributed by atoms with van der Waals surface area (Å²) < 4.78 is 10.7. The molecule has 3 aromatic rings. The Balaban J connectivity index is 1.84. The molecule has 0 spiro atoms. The average Bonchev–Trinajstić information content (AvgIpc) is 2.99. The number of carbonyl (C=O) groups is 2. The molecule has 6 heteroatoms. The van der Waals surface area contributed by atoms with Gasteiger partial charge in [0.05, 0.1) is 12.7 Å². The first kappa shape index (κ1) is 14.6. The second-order valence-electron chi connectivity index (χ2n) is 4.83. The summed E-state index contributed by atoms with van der Waals surface area (Å²) in [5, 5.41) is 12.3. The zero-order valence-corrected chi connectivity index (χ0v) is 12.2. The zero-order valence-electron chi connectivity index (χ0n) is 12.2. The van der Waals surface area contributed by atoms with Crippen molar-refractivity contribution in [1.82, 2.24) is 0 Å². The van der Waals surface area contributed by atoms with Crippen LogP contribution in [0.25, 0.3) is 11.0 Å². The molecule has 1 amide bonds. The van der Waals surface area contributed by atoms with E-state index in [9.17, 15) is 9.59 Å². The normalized spacial score (nSPS) is 10.5. The van der Waals surface area contributed by atoms with E-state index in [2.05, 4.69) is 5.32 Å². The van der Waals surface area contributed by atoms with Crippen molar-refractivity contribution in [3.8, 4) is 5.75 Å². The minimum absolute atomic E-state index is 0.145. The lowest BCUT2D eigenvalue weighted by molar-refractivity contribution is 0.0696. The third-order valence-electron chi connectivity index (χ3n) is 3.34. The van der Waals surface area contributed by atoms with Gasteiger partial charge in [-0.25, -0.2) is 4.79 Å². The molecule has 0 aliphatic heterocycles. The van der Waals surface area contributed by atoms with Crippen LogP contribution in [-0.4, -0.2) is 24.1 Å². The average molecular weight is 311 g/mol. The predicted molar refractivity (Wildman–Crippen MR) is 84.1 cm³/mol. The molecule has 0 aliphatic rings. The van der Waals surface area contributed by atoms with Crippen LogP contribution in [0.15, 0.2) is 52.9 Å². The number of methoxy groups -OCH3 is 1. The number of amides is 1. The molecule has 0 aliphatic carbocycles. The van der Waals surface area contributed by atoms with Crippen LogP contribution in [0, 0.1) is 0 Å². The molecular weight excluding hydrogens is 298 g/mol. The number of furan rings is 1. The van der Waals surface area contributed by atoms with Crippen LogP contribution in [0.5, 0.6) is 5.75 Å². The summed E-state index contributed by atoms with van der Waals surface area (Å²) in [7, 11) is 1.53. The Morgan fingerprint density at radius 2 is 1.87 bits per heavy atom. The van der Waals surface area contributed by atoms with E-state index in [0.717, 1.165) is 5.39 Å². The summed E-state index contributed by atoms with van der Waals surface area (Å²) in [6, 6.07) is 12.9. The molecule has 2 N–H and O–H groups in total. The molecule has 0 fully saturated rings. The van der Waals surface area contributed by atoms with Crippen LogP contribution >= 0.6 is 0 Å². The summed E-state index contributed by atoms with van der Waals surface area (Å²) >= 11 is 0. The number of rotatable bonds is 4. The minimum Gasteiger partial charge on any atom is -0.493 e. The summed E-state index contributed by atoms with van der Waals surface area (Å²) in [5.74, 6) is -0.752. The number of hydrogen-bond donors (Lipinski definition) is 2. The molecule has 116 valence electrons. The summed E-state index contributed by atoms with van der Waals surface area (Å²) in [6.45, 7) is 0. The Morgan fingerprint density at radius 3 is 2.52 bits per heavy atom. The van der Waals surface area contributed by atoms with E-state index in [1.807, 2.05) is 12.1 Å². The largest absolute Gasteiger partial charge is 0.493 e. The smallest absolute Gasteiger partial charge is 0.335 e.